The zero-order valence-corrected chi connectivity index (χ0v) is 22.2. The molecule has 40 heavy (non-hydrogen) atoms. The second-order valence-corrected chi connectivity index (χ2v) is 9.94. The third kappa shape index (κ3) is 4.59. The minimum Gasteiger partial charge on any atom is -0.488 e. The van der Waals surface area contributed by atoms with Crippen LogP contribution in [0.1, 0.15) is 16.7 Å². The summed E-state index contributed by atoms with van der Waals surface area (Å²) in [7, 11) is 0. The number of nitrogens with one attached hydrogen (secondary N) is 1. The molecule has 0 aromatic heterocycles. The highest BCUT2D eigenvalue weighted by Crippen LogP contribution is 2.33. The van der Waals surface area contributed by atoms with Crippen molar-refractivity contribution in [2.24, 2.45) is 0 Å². The van der Waals surface area contributed by atoms with E-state index >= 15 is 0 Å². The number of amides is 4. The number of halogens is 1. The van der Waals surface area contributed by atoms with E-state index in [0.29, 0.717) is 22.0 Å². The predicted molar refractivity (Wildman–Crippen MR) is 157 cm³/mol. The highest BCUT2D eigenvalue weighted by molar-refractivity contribution is 6.39. The van der Waals surface area contributed by atoms with Crippen LogP contribution in [0.2, 0.25) is 5.02 Å². The van der Waals surface area contributed by atoms with Crippen molar-refractivity contribution in [2.75, 3.05) is 4.90 Å². The van der Waals surface area contributed by atoms with Crippen LogP contribution in [0.5, 0.6) is 5.75 Å². The van der Waals surface area contributed by atoms with Gasteiger partial charge in [-0.05, 0) is 70.4 Å². The van der Waals surface area contributed by atoms with Crippen LogP contribution in [-0.4, -0.2) is 17.8 Å². The summed E-state index contributed by atoms with van der Waals surface area (Å²) in [4.78, 5) is 40.1. The molecule has 6 rings (SSSR count). The first kappa shape index (κ1) is 25.3. The van der Waals surface area contributed by atoms with Gasteiger partial charge in [-0.15, -0.1) is 0 Å². The summed E-state index contributed by atoms with van der Waals surface area (Å²) in [6.45, 7) is 2.33. The number of nitrogens with zero attached hydrogens (tertiary/aromatic N) is 1. The van der Waals surface area contributed by atoms with Gasteiger partial charge in [-0.3, -0.25) is 14.9 Å². The quantitative estimate of drug-likeness (QED) is 0.187. The molecule has 196 valence electrons. The Balaban J connectivity index is 1.44. The van der Waals surface area contributed by atoms with Gasteiger partial charge in [-0.25, -0.2) is 9.69 Å². The van der Waals surface area contributed by atoms with Crippen LogP contribution < -0.4 is 15.0 Å². The molecule has 4 amide bonds. The number of aryl methyl sites for hydroxylation is 1. The molecular weight excluding hydrogens is 524 g/mol. The fourth-order valence-electron chi connectivity index (χ4n) is 4.96. The number of ether oxygens (including phenoxy) is 1. The Morgan fingerprint density at radius 2 is 1.45 bits per heavy atom. The topological polar surface area (TPSA) is 75.7 Å². The van der Waals surface area contributed by atoms with Crippen LogP contribution in [0.3, 0.4) is 0 Å². The molecule has 1 fully saturated rings. The van der Waals surface area contributed by atoms with E-state index in [2.05, 4.69) is 29.6 Å². The molecule has 5 aromatic carbocycles. The SMILES string of the molecule is Cc1ccc2ccccc2c1COc1ccc2ccccc2c1/C=C1\C(=O)NC(=O)N(c2ccc(Cl)cc2)C1=O. The Bertz CT molecular complexity index is 1860. The van der Waals surface area contributed by atoms with Gasteiger partial charge in [0.1, 0.15) is 17.9 Å². The summed E-state index contributed by atoms with van der Waals surface area (Å²) in [5.41, 5.74) is 2.83. The van der Waals surface area contributed by atoms with Crippen molar-refractivity contribution in [3.63, 3.8) is 0 Å². The van der Waals surface area contributed by atoms with E-state index in [1.165, 1.54) is 6.08 Å². The summed E-state index contributed by atoms with van der Waals surface area (Å²) in [6.07, 6.45) is 1.50. The number of benzene rings is 5. The molecule has 5 aromatic rings. The van der Waals surface area contributed by atoms with Gasteiger partial charge >= 0.3 is 6.03 Å². The molecule has 1 saturated heterocycles. The molecular formula is C33H23ClN2O4. The van der Waals surface area contributed by atoms with Crippen LogP contribution in [0.25, 0.3) is 27.6 Å². The van der Waals surface area contributed by atoms with Gasteiger partial charge in [0.2, 0.25) is 0 Å². The van der Waals surface area contributed by atoms with Crippen molar-refractivity contribution < 1.29 is 19.1 Å². The molecule has 1 N–H and O–H groups in total. The smallest absolute Gasteiger partial charge is 0.335 e. The van der Waals surface area contributed by atoms with Gasteiger partial charge in [0.15, 0.2) is 0 Å². The van der Waals surface area contributed by atoms with Gasteiger partial charge < -0.3 is 4.74 Å². The fourth-order valence-corrected chi connectivity index (χ4v) is 5.09. The van der Waals surface area contributed by atoms with E-state index in [1.807, 2.05) is 55.5 Å². The second-order valence-electron chi connectivity index (χ2n) is 9.50. The lowest BCUT2D eigenvalue weighted by Gasteiger charge is -2.26. The molecule has 6 nitrogen and oxygen atoms in total. The number of fused-ring (bicyclic) bond motifs is 2. The highest BCUT2D eigenvalue weighted by atomic mass is 35.5. The molecule has 1 aliphatic rings. The van der Waals surface area contributed by atoms with Crippen molar-refractivity contribution in [3.05, 3.63) is 124 Å². The summed E-state index contributed by atoms with van der Waals surface area (Å²) < 4.78 is 6.40. The molecule has 0 aliphatic carbocycles. The van der Waals surface area contributed by atoms with Crippen molar-refractivity contribution >= 4 is 62.8 Å². The molecule has 0 spiro atoms. The molecule has 0 atom stereocenters. The summed E-state index contributed by atoms with van der Waals surface area (Å²) in [6, 6.07) is 29.1. The number of hydrogen-bond donors (Lipinski definition) is 1. The fraction of sp³-hybridized carbons (Fsp3) is 0.0606. The van der Waals surface area contributed by atoms with Gasteiger partial charge in [-0.2, -0.15) is 0 Å². The Kier molecular flexibility index (Phi) is 6.54. The van der Waals surface area contributed by atoms with Crippen molar-refractivity contribution in [2.45, 2.75) is 13.5 Å². The molecule has 0 radical (unpaired) electrons. The number of rotatable bonds is 5. The zero-order valence-electron chi connectivity index (χ0n) is 21.5. The minimum atomic E-state index is -0.824. The first-order chi connectivity index (χ1) is 19.4. The molecule has 1 aliphatic heterocycles. The normalized spacial score (nSPS) is 14.7. The lowest BCUT2D eigenvalue weighted by molar-refractivity contribution is -0.122. The van der Waals surface area contributed by atoms with E-state index in [-0.39, 0.29) is 12.2 Å². The van der Waals surface area contributed by atoms with Gasteiger partial charge in [0.05, 0.1) is 5.69 Å². The highest BCUT2D eigenvalue weighted by Gasteiger charge is 2.37. The number of anilines is 1. The van der Waals surface area contributed by atoms with Crippen LogP contribution in [-0.2, 0) is 16.2 Å². The van der Waals surface area contributed by atoms with E-state index in [0.717, 1.165) is 37.6 Å². The van der Waals surface area contributed by atoms with E-state index < -0.39 is 17.8 Å². The van der Waals surface area contributed by atoms with Crippen molar-refractivity contribution in [1.82, 2.24) is 5.32 Å². The average Bonchev–Trinajstić information content (AvgIpc) is 2.96. The van der Waals surface area contributed by atoms with Crippen molar-refractivity contribution in [3.8, 4) is 5.75 Å². The summed E-state index contributed by atoms with van der Waals surface area (Å²) in [5, 5.41) is 6.67. The third-order valence-electron chi connectivity index (χ3n) is 7.05. The van der Waals surface area contributed by atoms with Crippen LogP contribution >= 0.6 is 11.6 Å². The first-order valence-electron chi connectivity index (χ1n) is 12.7. The maximum Gasteiger partial charge on any atom is 0.335 e. The second kappa shape index (κ2) is 10.3. The summed E-state index contributed by atoms with van der Waals surface area (Å²) in [5.74, 6) is -1.00. The number of urea groups is 1. The Hall–Kier alpha value is -4.94. The molecule has 1 heterocycles. The Morgan fingerprint density at radius 1 is 0.800 bits per heavy atom. The number of carbonyl (C=O) groups excluding carboxylic acids is 3. The third-order valence-corrected chi connectivity index (χ3v) is 7.30. The van der Waals surface area contributed by atoms with Crippen LogP contribution in [0, 0.1) is 6.92 Å². The van der Waals surface area contributed by atoms with E-state index in [4.69, 9.17) is 16.3 Å². The predicted octanol–water partition coefficient (Wildman–Crippen LogP) is 7.20. The Labute approximate surface area is 235 Å². The van der Waals surface area contributed by atoms with E-state index in [9.17, 15) is 14.4 Å². The van der Waals surface area contributed by atoms with E-state index in [1.54, 1.807) is 24.3 Å². The molecule has 0 bridgehead atoms. The Morgan fingerprint density at radius 3 is 2.20 bits per heavy atom. The van der Waals surface area contributed by atoms with Crippen LogP contribution in [0.4, 0.5) is 10.5 Å². The standard InChI is InChI=1S/C33H23ClN2O4/c1-20-10-11-21-6-3-5-9-26(21)29(20)19-40-30-17-12-22-7-2-4-8-25(22)27(30)18-28-31(37)35-33(39)36(32(28)38)24-15-13-23(34)14-16-24/h2-18H,19H2,1H3,(H,35,37,39)/b28-18+. The van der Waals surface area contributed by atoms with Crippen molar-refractivity contribution in [1.29, 1.82) is 0 Å². The number of carbonyl (C=O) groups is 3. The lowest BCUT2D eigenvalue weighted by Crippen LogP contribution is -2.54. The van der Waals surface area contributed by atoms with Gasteiger partial charge in [-0.1, -0.05) is 78.3 Å². The molecule has 0 unspecified atom stereocenters. The maximum atomic E-state index is 13.6. The molecule has 7 heteroatoms. The monoisotopic (exact) mass is 546 g/mol. The number of hydrogen-bond acceptors (Lipinski definition) is 4. The average molecular weight is 547 g/mol. The minimum absolute atomic E-state index is 0.183. The lowest BCUT2D eigenvalue weighted by atomic mass is 9.99. The zero-order chi connectivity index (χ0) is 27.8. The van der Waals surface area contributed by atoms with Gasteiger partial charge in [0.25, 0.3) is 11.8 Å². The number of imide groups is 2. The largest absolute Gasteiger partial charge is 0.488 e. The van der Waals surface area contributed by atoms with Gasteiger partial charge in [0, 0.05) is 16.1 Å². The number of barbiturate groups is 1. The maximum absolute atomic E-state index is 13.6. The summed E-state index contributed by atoms with van der Waals surface area (Å²) >= 11 is 5.99. The first-order valence-corrected chi connectivity index (χ1v) is 13.1. The molecule has 0 saturated carbocycles. The van der Waals surface area contributed by atoms with Crippen LogP contribution in [0.15, 0.2) is 103 Å².